The van der Waals surface area contributed by atoms with Gasteiger partial charge in [-0.2, -0.15) is 0 Å². The molecule has 3 rings (SSSR count). The van der Waals surface area contributed by atoms with Gasteiger partial charge in [0.25, 0.3) is 0 Å². The van der Waals surface area contributed by atoms with E-state index in [1.54, 1.807) is 0 Å². The van der Waals surface area contributed by atoms with Crippen LogP contribution in [0.25, 0.3) is 0 Å². The minimum absolute atomic E-state index is 0.0363. The maximum absolute atomic E-state index is 12.4. The third kappa shape index (κ3) is 1.90. The van der Waals surface area contributed by atoms with Crippen molar-refractivity contribution in [3.8, 4) is 0 Å². The van der Waals surface area contributed by atoms with Gasteiger partial charge in [-0.25, -0.2) is 4.79 Å². The van der Waals surface area contributed by atoms with Crippen molar-refractivity contribution >= 4 is 11.9 Å². The van der Waals surface area contributed by atoms with Crippen LogP contribution in [0.4, 0.5) is 0 Å². The number of aliphatic hydroxyl groups is 1. The van der Waals surface area contributed by atoms with Crippen LogP contribution >= 0.6 is 0 Å². The highest BCUT2D eigenvalue weighted by molar-refractivity contribution is 5.86. The van der Waals surface area contributed by atoms with Crippen molar-refractivity contribution in [2.45, 2.75) is 37.8 Å². The Morgan fingerprint density at radius 3 is 2.44 bits per heavy atom. The van der Waals surface area contributed by atoms with Crippen LogP contribution in [0.2, 0.25) is 0 Å². The van der Waals surface area contributed by atoms with Gasteiger partial charge in [0.15, 0.2) is 0 Å². The largest absolute Gasteiger partial charge is 0.467 e. The number of esters is 1. The standard InChI is InChI=1S/C13H19NO4/c1-18-13(17)11-5-10(15)6-14(11)12(16)9-3-7-2-8(7)4-9/h7-11,15H,2-6H2,1H3. The molecule has 4 unspecified atom stereocenters. The normalized spacial score (nSPS) is 41.7. The molecule has 100 valence electrons. The number of methoxy groups -OCH3 is 1. The number of nitrogens with zero attached hydrogens (tertiary/aromatic N) is 1. The number of amides is 1. The summed E-state index contributed by atoms with van der Waals surface area (Å²) in [6, 6.07) is -0.588. The second-order valence-corrected chi connectivity index (χ2v) is 5.84. The third-order valence-electron chi connectivity index (χ3n) is 4.63. The van der Waals surface area contributed by atoms with E-state index in [4.69, 9.17) is 4.74 Å². The fraction of sp³-hybridized carbons (Fsp3) is 0.846. The molecule has 0 aromatic rings. The summed E-state index contributed by atoms with van der Waals surface area (Å²) in [6.07, 6.45) is 2.90. The Bertz CT molecular complexity index is 373. The molecule has 2 aliphatic carbocycles. The van der Waals surface area contributed by atoms with E-state index in [-0.39, 0.29) is 18.4 Å². The van der Waals surface area contributed by atoms with Gasteiger partial charge in [-0.1, -0.05) is 0 Å². The summed E-state index contributed by atoms with van der Waals surface area (Å²) in [4.78, 5) is 25.6. The SMILES string of the molecule is COC(=O)C1CC(O)CN1C(=O)C1CC2CC2C1. The molecule has 4 atom stereocenters. The molecule has 0 aromatic heterocycles. The van der Waals surface area contributed by atoms with Gasteiger partial charge >= 0.3 is 5.97 Å². The lowest BCUT2D eigenvalue weighted by Crippen LogP contribution is -2.44. The Morgan fingerprint density at radius 1 is 1.17 bits per heavy atom. The fourth-order valence-electron chi connectivity index (χ4n) is 3.57. The first-order valence-electron chi connectivity index (χ1n) is 6.66. The molecule has 1 N–H and O–H groups in total. The minimum atomic E-state index is -0.603. The molecule has 1 saturated heterocycles. The van der Waals surface area contributed by atoms with Crippen molar-refractivity contribution in [2.24, 2.45) is 17.8 Å². The number of carbonyl (C=O) groups excluding carboxylic acids is 2. The molecular formula is C13H19NO4. The molecule has 3 fully saturated rings. The molecule has 1 heterocycles. The van der Waals surface area contributed by atoms with E-state index in [2.05, 4.69) is 0 Å². The lowest BCUT2D eigenvalue weighted by Gasteiger charge is -2.25. The Balaban J connectivity index is 1.69. The number of fused-ring (bicyclic) bond motifs is 1. The number of aliphatic hydroxyl groups excluding tert-OH is 1. The Kier molecular flexibility index (Phi) is 2.81. The van der Waals surface area contributed by atoms with Crippen molar-refractivity contribution in [2.75, 3.05) is 13.7 Å². The highest BCUT2D eigenvalue weighted by Crippen LogP contribution is 2.54. The van der Waals surface area contributed by atoms with E-state index in [0.717, 1.165) is 24.7 Å². The number of carbonyl (C=O) groups is 2. The zero-order valence-corrected chi connectivity index (χ0v) is 10.5. The van der Waals surface area contributed by atoms with Gasteiger partial charge in [-0.05, 0) is 31.1 Å². The number of rotatable bonds is 2. The van der Waals surface area contributed by atoms with Crippen molar-refractivity contribution < 1.29 is 19.4 Å². The number of β-amino-alcohol motifs (C(OH)–C–C–N with tert-alkyl or cyclic N) is 1. The molecule has 18 heavy (non-hydrogen) atoms. The third-order valence-corrected chi connectivity index (χ3v) is 4.63. The molecule has 5 nitrogen and oxygen atoms in total. The van der Waals surface area contributed by atoms with Crippen molar-refractivity contribution in [3.05, 3.63) is 0 Å². The van der Waals surface area contributed by atoms with E-state index < -0.39 is 18.1 Å². The van der Waals surface area contributed by atoms with E-state index in [1.807, 2.05) is 0 Å². The van der Waals surface area contributed by atoms with Crippen LogP contribution in [0.15, 0.2) is 0 Å². The highest BCUT2D eigenvalue weighted by Gasteiger charge is 2.51. The predicted molar refractivity (Wildman–Crippen MR) is 62.5 cm³/mol. The average molecular weight is 253 g/mol. The minimum Gasteiger partial charge on any atom is -0.467 e. The summed E-state index contributed by atoms with van der Waals surface area (Å²) in [5.74, 6) is 1.16. The highest BCUT2D eigenvalue weighted by atomic mass is 16.5. The smallest absolute Gasteiger partial charge is 0.328 e. The van der Waals surface area contributed by atoms with Gasteiger partial charge in [0, 0.05) is 18.9 Å². The van der Waals surface area contributed by atoms with Crippen molar-refractivity contribution in [1.82, 2.24) is 4.90 Å². The Labute approximate surface area is 106 Å². The fourth-order valence-corrected chi connectivity index (χ4v) is 3.57. The summed E-state index contributed by atoms with van der Waals surface area (Å²) in [5.41, 5.74) is 0. The lowest BCUT2D eigenvalue weighted by atomic mass is 10.0. The van der Waals surface area contributed by atoms with Crippen LogP contribution in [0.3, 0.4) is 0 Å². The van der Waals surface area contributed by atoms with E-state index >= 15 is 0 Å². The van der Waals surface area contributed by atoms with Crippen LogP contribution < -0.4 is 0 Å². The van der Waals surface area contributed by atoms with Gasteiger partial charge in [0.05, 0.1) is 13.2 Å². The summed E-state index contributed by atoms with van der Waals surface area (Å²) in [6.45, 7) is 0.268. The lowest BCUT2D eigenvalue weighted by molar-refractivity contribution is -0.152. The molecule has 0 radical (unpaired) electrons. The van der Waals surface area contributed by atoms with Gasteiger partial charge in [0.1, 0.15) is 6.04 Å². The van der Waals surface area contributed by atoms with Crippen LogP contribution in [0.1, 0.15) is 25.7 Å². The molecule has 1 amide bonds. The average Bonchev–Trinajstić information content (AvgIpc) is 2.80. The summed E-state index contributed by atoms with van der Waals surface area (Å²) >= 11 is 0. The number of hydrogen-bond donors (Lipinski definition) is 1. The maximum atomic E-state index is 12.4. The van der Waals surface area contributed by atoms with E-state index in [0.29, 0.717) is 6.42 Å². The van der Waals surface area contributed by atoms with Crippen LogP contribution in [-0.4, -0.2) is 47.7 Å². The summed E-state index contributed by atoms with van der Waals surface area (Å²) < 4.78 is 4.71. The first kappa shape index (κ1) is 12.0. The quantitative estimate of drug-likeness (QED) is 0.712. The molecule has 0 spiro atoms. The van der Waals surface area contributed by atoms with Crippen molar-refractivity contribution in [1.29, 1.82) is 0 Å². The molecule has 5 heteroatoms. The van der Waals surface area contributed by atoms with E-state index in [9.17, 15) is 14.7 Å². The first-order valence-corrected chi connectivity index (χ1v) is 6.66. The second-order valence-electron chi connectivity index (χ2n) is 5.84. The Morgan fingerprint density at radius 2 is 1.83 bits per heavy atom. The molecule has 3 aliphatic rings. The molecule has 0 aromatic carbocycles. The maximum Gasteiger partial charge on any atom is 0.328 e. The molecular weight excluding hydrogens is 234 g/mol. The van der Waals surface area contributed by atoms with Crippen LogP contribution in [-0.2, 0) is 14.3 Å². The molecule has 2 saturated carbocycles. The van der Waals surface area contributed by atoms with Gasteiger partial charge < -0.3 is 14.7 Å². The van der Waals surface area contributed by atoms with Gasteiger partial charge in [-0.15, -0.1) is 0 Å². The summed E-state index contributed by atoms with van der Waals surface area (Å²) in [5, 5.41) is 9.67. The van der Waals surface area contributed by atoms with Crippen LogP contribution in [0, 0.1) is 17.8 Å². The topological polar surface area (TPSA) is 66.8 Å². The van der Waals surface area contributed by atoms with Crippen LogP contribution in [0.5, 0.6) is 0 Å². The second kappa shape index (κ2) is 4.23. The molecule has 0 bridgehead atoms. The monoisotopic (exact) mass is 253 g/mol. The zero-order chi connectivity index (χ0) is 12.9. The zero-order valence-electron chi connectivity index (χ0n) is 10.5. The number of likely N-dealkylation sites (tertiary alicyclic amines) is 1. The van der Waals surface area contributed by atoms with E-state index in [1.165, 1.54) is 18.4 Å². The van der Waals surface area contributed by atoms with Gasteiger partial charge in [-0.3, -0.25) is 4.79 Å². The molecule has 1 aliphatic heterocycles. The Hall–Kier alpha value is -1.10. The van der Waals surface area contributed by atoms with Gasteiger partial charge in [0.2, 0.25) is 5.91 Å². The van der Waals surface area contributed by atoms with Crippen molar-refractivity contribution in [3.63, 3.8) is 0 Å². The number of hydrogen-bond acceptors (Lipinski definition) is 4. The number of ether oxygens (including phenoxy) is 1. The summed E-state index contributed by atoms with van der Waals surface area (Å²) in [7, 11) is 1.32. The predicted octanol–water partition coefficient (Wildman–Crippen LogP) is 0.167. The first-order chi connectivity index (χ1) is 8.60.